The Kier molecular flexibility index (Phi) is 4.11. The van der Waals surface area contributed by atoms with Crippen LogP contribution in [0.4, 0.5) is 0 Å². The molecule has 1 aliphatic rings. The number of rotatable bonds is 2. The molecule has 0 aromatic carbocycles. The summed E-state index contributed by atoms with van der Waals surface area (Å²) in [4.78, 5) is 19.6. The lowest BCUT2D eigenvalue weighted by molar-refractivity contribution is 0.0534. The van der Waals surface area contributed by atoms with Gasteiger partial charge in [0.15, 0.2) is 0 Å². The Bertz CT molecular complexity index is 779. The van der Waals surface area contributed by atoms with E-state index >= 15 is 0 Å². The van der Waals surface area contributed by atoms with Crippen LogP contribution in [-0.4, -0.2) is 40.1 Å². The third-order valence-electron chi connectivity index (χ3n) is 5.06. The number of aromatic nitrogens is 2. The average molecular weight is 330 g/mol. The second kappa shape index (κ2) is 5.84. The minimum absolute atomic E-state index is 0.00979. The molecule has 1 fully saturated rings. The Labute approximate surface area is 142 Å². The maximum absolute atomic E-state index is 13.2. The van der Waals surface area contributed by atoms with E-state index in [0.29, 0.717) is 30.1 Å². The van der Waals surface area contributed by atoms with E-state index in [9.17, 15) is 4.79 Å². The number of carbonyl (C=O) groups excluding carboxylic acids is 1. The van der Waals surface area contributed by atoms with E-state index in [0.717, 1.165) is 17.5 Å². The van der Waals surface area contributed by atoms with Crippen molar-refractivity contribution in [2.75, 3.05) is 13.1 Å². The highest BCUT2D eigenvalue weighted by atomic mass is 16.5. The number of pyridine rings is 1. The molecular formula is C18H26N4O2. The van der Waals surface area contributed by atoms with Crippen molar-refractivity contribution in [2.45, 2.75) is 53.0 Å². The molecule has 0 saturated carbocycles. The van der Waals surface area contributed by atoms with Gasteiger partial charge in [0.2, 0.25) is 0 Å². The number of fused-ring (bicyclic) bond motifs is 1. The zero-order valence-electron chi connectivity index (χ0n) is 15.1. The molecule has 2 N–H and O–H groups in total. The highest BCUT2D eigenvalue weighted by Crippen LogP contribution is 2.31. The van der Waals surface area contributed by atoms with Gasteiger partial charge in [0.05, 0.1) is 16.6 Å². The van der Waals surface area contributed by atoms with Crippen molar-refractivity contribution in [1.82, 2.24) is 15.0 Å². The van der Waals surface area contributed by atoms with Crippen molar-refractivity contribution in [3.05, 3.63) is 23.0 Å². The number of amides is 1. The maximum Gasteiger partial charge on any atom is 0.259 e. The van der Waals surface area contributed by atoms with Gasteiger partial charge in [0.1, 0.15) is 0 Å². The standard InChI is InChI=1S/C18H26N4O2/c1-10(2)13-8-12(15-11(3)21-24-16(15)20-13)17(23)22-7-6-14(19)18(4,5)9-22/h8,10,14H,6-7,9,19H2,1-5H3. The predicted octanol–water partition coefficient (Wildman–Crippen LogP) is 2.85. The summed E-state index contributed by atoms with van der Waals surface area (Å²) < 4.78 is 5.32. The molecule has 24 heavy (non-hydrogen) atoms. The quantitative estimate of drug-likeness (QED) is 0.915. The van der Waals surface area contributed by atoms with Gasteiger partial charge in [0.25, 0.3) is 11.6 Å². The second-order valence-electron chi connectivity index (χ2n) is 7.81. The van der Waals surface area contributed by atoms with Gasteiger partial charge in [-0.1, -0.05) is 32.9 Å². The van der Waals surface area contributed by atoms with E-state index < -0.39 is 0 Å². The third-order valence-corrected chi connectivity index (χ3v) is 5.06. The molecule has 1 amide bonds. The molecule has 0 aliphatic carbocycles. The van der Waals surface area contributed by atoms with Crippen molar-refractivity contribution in [2.24, 2.45) is 11.1 Å². The van der Waals surface area contributed by atoms with E-state index in [2.05, 4.69) is 37.8 Å². The summed E-state index contributed by atoms with van der Waals surface area (Å²) >= 11 is 0. The summed E-state index contributed by atoms with van der Waals surface area (Å²) in [6, 6.07) is 2.00. The molecule has 0 spiro atoms. The van der Waals surface area contributed by atoms with E-state index in [1.54, 1.807) is 0 Å². The lowest BCUT2D eigenvalue weighted by Gasteiger charge is -2.42. The van der Waals surface area contributed by atoms with E-state index in [-0.39, 0.29) is 23.3 Å². The number of aryl methyl sites for hydroxylation is 1. The van der Waals surface area contributed by atoms with Crippen LogP contribution in [-0.2, 0) is 0 Å². The van der Waals surface area contributed by atoms with Crippen LogP contribution in [0.15, 0.2) is 10.6 Å². The first-order valence-electron chi connectivity index (χ1n) is 8.52. The maximum atomic E-state index is 13.2. The molecule has 1 unspecified atom stereocenters. The van der Waals surface area contributed by atoms with Gasteiger partial charge in [-0.25, -0.2) is 4.98 Å². The highest BCUT2D eigenvalue weighted by molar-refractivity contribution is 6.06. The first-order chi connectivity index (χ1) is 11.2. The van der Waals surface area contributed by atoms with Crippen molar-refractivity contribution in [3.63, 3.8) is 0 Å². The monoisotopic (exact) mass is 330 g/mol. The second-order valence-corrected chi connectivity index (χ2v) is 7.81. The van der Waals surface area contributed by atoms with Gasteiger partial charge in [0, 0.05) is 24.8 Å². The molecule has 6 heteroatoms. The van der Waals surface area contributed by atoms with Crippen molar-refractivity contribution in [3.8, 4) is 0 Å². The fraction of sp³-hybridized carbons (Fsp3) is 0.611. The lowest BCUT2D eigenvalue weighted by atomic mass is 9.79. The number of hydrogen-bond donors (Lipinski definition) is 1. The summed E-state index contributed by atoms with van der Waals surface area (Å²) in [6.45, 7) is 11.5. The largest absolute Gasteiger partial charge is 0.338 e. The van der Waals surface area contributed by atoms with Crippen LogP contribution in [0.2, 0.25) is 0 Å². The molecule has 2 aromatic rings. The van der Waals surface area contributed by atoms with Gasteiger partial charge in [-0.2, -0.15) is 0 Å². The Balaban J connectivity index is 2.04. The normalized spacial score (nSPS) is 20.8. The van der Waals surface area contributed by atoms with Crippen LogP contribution in [0.1, 0.15) is 61.8 Å². The molecule has 0 bridgehead atoms. The molecule has 6 nitrogen and oxygen atoms in total. The van der Waals surface area contributed by atoms with Crippen LogP contribution in [0.3, 0.4) is 0 Å². The minimum Gasteiger partial charge on any atom is -0.338 e. The van der Waals surface area contributed by atoms with Crippen LogP contribution in [0, 0.1) is 12.3 Å². The van der Waals surface area contributed by atoms with Crippen LogP contribution in [0.25, 0.3) is 11.1 Å². The Morgan fingerprint density at radius 3 is 2.79 bits per heavy atom. The number of nitrogens with zero attached hydrogens (tertiary/aromatic N) is 3. The number of hydrogen-bond acceptors (Lipinski definition) is 5. The molecule has 1 saturated heterocycles. The summed E-state index contributed by atoms with van der Waals surface area (Å²) in [5.41, 5.74) is 8.72. The fourth-order valence-electron chi connectivity index (χ4n) is 3.30. The van der Waals surface area contributed by atoms with Crippen molar-refractivity contribution in [1.29, 1.82) is 0 Å². The zero-order chi connectivity index (χ0) is 17.6. The van der Waals surface area contributed by atoms with Crippen LogP contribution < -0.4 is 5.73 Å². The van der Waals surface area contributed by atoms with Gasteiger partial charge < -0.3 is 15.2 Å². The summed E-state index contributed by atoms with van der Waals surface area (Å²) in [5, 5.41) is 4.72. The molecule has 130 valence electrons. The minimum atomic E-state index is -0.0926. The van der Waals surface area contributed by atoms with Gasteiger partial charge in [-0.15, -0.1) is 0 Å². The molecular weight excluding hydrogens is 304 g/mol. The number of carbonyl (C=O) groups is 1. The van der Waals surface area contributed by atoms with Crippen LogP contribution in [0.5, 0.6) is 0 Å². The third kappa shape index (κ3) is 2.79. The summed E-state index contributed by atoms with van der Waals surface area (Å²) in [6.07, 6.45) is 0.812. The number of likely N-dealkylation sites (tertiary alicyclic amines) is 1. The van der Waals surface area contributed by atoms with Gasteiger partial charge in [-0.3, -0.25) is 4.79 Å². The smallest absolute Gasteiger partial charge is 0.259 e. The van der Waals surface area contributed by atoms with E-state index in [1.165, 1.54) is 0 Å². The first kappa shape index (κ1) is 16.9. The van der Waals surface area contributed by atoms with Gasteiger partial charge in [-0.05, 0) is 30.7 Å². The summed E-state index contributed by atoms with van der Waals surface area (Å²) in [5.74, 6) is 0.216. The Hall–Kier alpha value is -1.95. The van der Waals surface area contributed by atoms with Crippen molar-refractivity contribution < 1.29 is 9.32 Å². The first-order valence-corrected chi connectivity index (χ1v) is 8.52. The molecule has 1 aliphatic heterocycles. The Morgan fingerprint density at radius 2 is 2.17 bits per heavy atom. The SMILES string of the molecule is Cc1noc2nc(C(C)C)cc(C(=O)N3CCC(N)C(C)(C)C3)c12. The van der Waals surface area contributed by atoms with E-state index in [4.69, 9.17) is 10.3 Å². The highest BCUT2D eigenvalue weighted by Gasteiger charge is 2.36. The molecule has 0 radical (unpaired) electrons. The molecule has 2 aromatic heterocycles. The zero-order valence-corrected chi connectivity index (χ0v) is 15.1. The molecule has 3 heterocycles. The summed E-state index contributed by atoms with van der Waals surface area (Å²) in [7, 11) is 0. The predicted molar refractivity (Wildman–Crippen MR) is 92.9 cm³/mol. The Morgan fingerprint density at radius 1 is 1.46 bits per heavy atom. The lowest BCUT2D eigenvalue weighted by Crippen LogP contribution is -2.54. The molecule has 3 rings (SSSR count). The number of nitrogens with two attached hydrogens (primary N) is 1. The van der Waals surface area contributed by atoms with Crippen LogP contribution >= 0.6 is 0 Å². The van der Waals surface area contributed by atoms with E-state index in [1.807, 2.05) is 17.9 Å². The fourth-order valence-corrected chi connectivity index (χ4v) is 3.30. The molecule has 1 atom stereocenters. The number of piperidine rings is 1. The topological polar surface area (TPSA) is 85.2 Å². The van der Waals surface area contributed by atoms with Crippen molar-refractivity contribution >= 4 is 17.0 Å². The average Bonchev–Trinajstić information content (AvgIpc) is 2.90. The van der Waals surface area contributed by atoms with Gasteiger partial charge >= 0.3 is 0 Å².